The largest absolute Gasteiger partial charge is 0.508 e. The minimum Gasteiger partial charge on any atom is -0.508 e. The molecule has 3 atom stereocenters. The van der Waals surface area contributed by atoms with Gasteiger partial charge in [0.25, 0.3) is 0 Å². The third kappa shape index (κ3) is 2.72. The quantitative estimate of drug-likeness (QED) is 0.758. The van der Waals surface area contributed by atoms with Crippen LogP contribution in [0.5, 0.6) is 5.75 Å². The number of rotatable bonds is 3. The van der Waals surface area contributed by atoms with Crippen LogP contribution in [0.3, 0.4) is 0 Å². The Hall–Kier alpha value is -1.59. The number of hydrogen-bond acceptors (Lipinski definition) is 4. The number of nitrogens with two attached hydrogens (primary N) is 1. The number of phenolic OH excluding ortho intramolecular Hbond substituents is 1. The number of hydrogen-bond donors (Lipinski definition) is 3. The third-order valence-electron chi connectivity index (χ3n) is 3.75. The summed E-state index contributed by atoms with van der Waals surface area (Å²) >= 11 is 0. The van der Waals surface area contributed by atoms with Gasteiger partial charge in [-0.1, -0.05) is 12.1 Å². The molecule has 3 unspecified atom stereocenters. The van der Waals surface area contributed by atoms with E-state index in [9.17, 15) is 9.90 Å². The number of carbonyl (C=O) groups excluding carboxylic acids is 1. The van der Waals surface area contributed by atoms with Gasteiger partial charge in [0, 0.05) is 6.04 Å². The molecule has 1 aromatic carbocycles. The lowest BCUT2D eigenvalue weighted by Crippen LogP contribution is -2.50. The van der Waals surface area contributed by atoms with Crippen molar-refractivity contribution in [1.82, 2.24) is 5.32 Å². The average Bonchev–Trinajstić information content (AvgIpc) is 2.71. The minimum absolute atomic E-state index is 0.117. The Kier molecular flexibility index (Phi) is 3.78. The molecule has 4 N–H and O–H groups in total. The maximum Gasteiger partial charge on any atom is 0.230 e. The summed E-state index contributed by atoms with van der Waals surface area (Å²) in [7, 11) is 0. The van der Waals surface area contributed by atoms with Crippen molar-refractivity contribution in [2.24, 2.45) is 11.1 Å². The Labute approximate surface area is 112 Å². The van der Waals surface area contributed by atoms with Gasteiger partial charge in [-0.15, -0.1) is 0 Å². The van der Waals surface area contributed by atoms with Gasteiger partial charge >= 0.3 is 0 Å². The van der Waals surface area contributed by atoms with E-state index in [1.807, 2.05) is 19.9 Å². The second-order valence-corrected chi connectivity index (χ2v) is 5.33. The summed E-state index contributed by atoms with van der Waals surface area (Å²) in [6.07, 6.45) is 0. The Balaban J connectivity index is 2.07. The van der Waals surface area contributed by atoms with E-state index in [1.54, 1.807) is 18.2 Å². The van der Waals surface area contributed by atoms with E-state index >= 15 is 0 Å². The molecule has 1 heterocycles. The van der Waals surface area contributed by atoms with Gasteiger partial charge in [0.05, 0.1) is 24.7 Å². The molecular weight excluding hydrogens is 244 g/mol. The van der Waals surface area contributed by atoms with Crippen LogP contribution in [0.25, 0.3) is 0 Å². The first-order valence-corrected chi connectivity index (χ1v) is 6.36. The molecule has 0 aliphatic carbocycles. The molecule has 1 aromatic rings. The van der Waals surface area contributed by atoms with Crippen LogP contribution < -0.4 is 11.1 Å². The lowest BCUT2D eigenvalue weighted by molar-refractivity contribution is -0.131. The fourth-order valence-electron chi connectivity index (χ4n) is 2.16. The molecule has 5 heteroatoms. The van der Waals surface area contributed by atoms with Crippen molar-refractivity contribution >= 4 is 5.91 Å². The predicted molar refractivity (Wildman–Crippen MR) is 71.6 cm³/mol. The van der Waals surface area contributed by atoms with Crippen molar-refractivity contribution < 1.29 is 14.6 Å². The minimum atomic E-state index is -0.689. The monoisotopic (exact) mass is 264 g/mol. The van der Waals surface area contributed by atoms with Gasteiger partial charge in [-0.2, -0.15) is 0 Å². The lowest BCUT2D eigenvalue weighted by Gasteiger charge is -2.27. The molecule has 0 spiro atoms. The summed E-state index contributed by atoms with van der Waals surface area (Å²) in [6.45, 7) is 4.43. The van der Waals surface area contributed by atoms with Crippen molar-refractivity contribution in [3.05, 3.63) is 29.8 Å². The van der Waals surface area contributed by atoms with Gasteiger partial charge < -0.3 is 20.9 Å². The van der Waals surface area contributed by atoms with Gasteiger partial charge in [0.15, 0.2) is 0 Å². The molecule has 2 rings (SSSR count). The van der Waals surface area contributed by atoms with Gasteiger partial charge in [0.1, 0.15) is 5.75 Å². The Bertz CT molecular complexity index is 478. The number of carbonyl (C=O) groups is 1. The van der Waals surface area contributed by atoms with Gasteiger partial charge in [-0.05, 0) is 31.5 Å². The molecule has 104 valence electrons. The highest BCUT2D eigenvalue weighted by molar-refractivity contribution is 5.84. The van der Waals surface area contributed by atoms with Crippen molar-refractivity contribution in [1.29, 1.82) is 0 Å². The zero-order valence-corrected chi connectivity index (χ0v) is 11.2. The second kappa shape index (κ2) is 5.19. The summed E-state index contributed by atoms with van der Waals surface area (Å²) in [5.41, 5.74) is 6.09. The molecule has 0 saturated carbocycles. The van der Waals surface area contributed by atoms with Crippen LogP contribution in [0.2, 0.25) is 0 Å². The Morgan fingerprint density at radius 3 is 2.95 bits per heavy atom. The van der Waals surface area contributed by atoms with Crippen LogP contribution in [-0.2, 0) is 9.53 Å². The third-order valence-corrected chi connectivity index (χ3v) is 3.75. The lowest BCUT2D eigenvalue weighted by atomic mass is 9.84. The highest BCUT2D eigenvalue weighted by Gasteiger charge is 2.44. The maximum absolute atomic E-state index is 12.3. The molecule has 1 saturated heterocycles. The fraction of sp³-hybridized carbons (Fsp3) is 0.500. The molecule has 1 fully saturated rings. The van der Waals surface area contributed by atoms with Crippen LogP contribution in [0, 0.1) is 5.41 Å². The fourth-order valence-corrected chi connectivity index (χ4v) is 2.16. The maximum atomic E-state index is 12.3. The summed E-state index contributed by atoms with van der Waals surface area (Å²) in [6, 6.07) is 6.36. The van der Waals surface area contributed by atoms with Gasteiger partial charge in [0.2, 0.25) is 5.91 Å². The van der Waals surface area contributed by atoms with Crippen molar-refractivity contribution in [2.45, 2.75) is 25.9 Å². The highest BCUT2D eigenvalue weighted by Crippen LogP contribution is 2.28. The van der Waals surface area contributed by atoms with Gasteiger partial charge in [-0.25, -0.2) is 0 Å². The van der Waals surface area contributed by atoms with Crippen LogP contribution >= 0.6 is 0 Å². The molecular formula is C14H20N2O3. The number of ether oxygens (including phenoxy) is 1. The molecule has 1 amide bonds. The van der Waals surface area contributed by atoms with Crippen LogP contribution in [0.15, 0.2) is 24.3 Å². The molecule has 0 radical (unpaired) electrons. The van der Waals surface area contributed by atoms with Crippen LogP contribution in [0.4, 0.5) is 0 Å². The predicted octanol–water partition coefficient (Wildman–Crippen LogP) is 0.933. The standard InChI is InChI=1S/C14H20N2O3/c1-9(10-4-3-5-11(17)6-10)16-13(18)14(2)8-19-7-12(14)15/h3-6,9,12,17H,7-8,15H2,1-2H3,(H,16,18). The first kappa shape index (κ1) is 13.8. The zero-order valence-electron chi connectivity index (χ0n) is 11.2. The molecule has 0 bridgehead atoms. The number of benzene rings is 1. The zero-order chi connectivity index (χ0) is 14.0. The van der Waals surface area contributed by atoms with Crippen molar-refractivity contribution in [3.8, 4) is 5.75 Å². The molecule has 19 heavy (non-hydrogen) atoms. The smallest absolute Gasteiger partial charge is 0.230 e. The van der Waals surface area contributed by atoms with E-state index in [-0.39, 0.29) is 23.7 Å². The van der Waals surface area contributed by atoms with E-state index in [0.29, 0.717) is 13.2 Å². The SMILES string of the molecule is CC(NC(=O)C1(C)COCC1N)c1cccc(O)c1. The summed E-state index contributed by atoms with van der Waals surface area (Å²) in [5, 5.41) is 12.4. The topological polar surface area (TPSA) is 84.6 Å². The molecule has 1 aliphatic rings. The first-order valence-electron chi connectivity index (χ1n) is 6.36. The van der Waals surface area contributed by atoms with E-state index in [4.69, 9.17) is 10.5 Å². The first-order chi connectivity index (χ1) is 8.93. The van der Waals surface area contributed by atoms with Crippen molar-refractivity contribution in [2.75, 3.05) is 13.2 Å². The highest BCUT2D eigenvalue weighted by atomic mass is 16.5. The summed E-state index contributed by atoms with van der Waals surface area (Å²) < 4.78 is 5.27. The molecule has 5 nitrogen and oxygen atoms in total. The van der Waals surface area contributed by atoms with Crippen LogP contribution in [-0.4, -0.2) is 30.3 Å². The van der Waals surface area contributed by atoms with E-state index < -0.39 is 5.41 Å². The van der Waals surface area contributed by atoms with Gasteiger partial charge in [-0.3, -0.25) is 4.79 Å². The number of phenols is 1. The van der Waals surface area contributed by atoms with Crippen LogP contribution in [0.1, 0.15) is 25.5 Å². The Morgan fingerprint density at radius 1 is 1.63 bits per heavy atom. The van der Waals surface area contributed by atoms with E-state index in [2.05, 4.69) is 5.32 Å². The van der Waals surface area contributed by atoms with E-state index in [1.165, 1.54) is 0 Å². The normalized spacial score (nSPS) is 28.1. The van der Waals surface area contributed by atoms with E-state index in [0.717, 1.165) is 5.56 Å². The second-order valence-electron chi connectivity index (χ2n) is 5.33. The van der Waals surface area contributed by atoms with Crippen molar-refractivity contribution in [3.63, 3.8) is 0 Å². The average molecular weight is 264 g/mol. The summed E-state index contributed by atoms with van der Waals surface area (Å²) in [5.74, 6) is 0.0686. The number of amides is 1. The number of aromatic hydroxyl groups is 1. The molecule has 0 aromatic heterocycles. The Morgan fingerprint density at radius 2 is 2.37 bits per heavy atom. The summed E-state index contributed by atoms with van der Waals surface area (Å²) in [4.78, 5) is 12.3. The molecule has 1 aliphatic heterocycles. The number of nitrogens with one attached hydrogen (secondary N) is 1.